The van der Waals surface area contributed by atoms with Crippen molar-refractivity contribution >= 4 is 12.1 Å². The first kappa shape index (κ1) is 10.5. The maximum Gasteiger partial charge on any atom is 0.407 e. The van der Waals surface area contributed by atoms with Gasteiger partial charge in [-0.1, -0.05) is 12.1 Å². The van der Waals surface area contributed by atoms with Crippen LogP contribution in [0.25, 0.3) is 0 Å². The van der Waals surface area contributed by atoms with Gasteiger partial charge in [0, 0.05) is 13.1 Å². The predicted molar refractivity (Wildman–Crippen MR) is 55.5 cm³/mol. The molecule has 0 bridgehead atoms. The third-order valence-electron chi connectivity index (χ3n) is 2.77. The van der Waals surface area contributed by atoms with E-state index in [0.717, 1.165) is 11.1 Å². The van der Waals surface area contributed by atoms with Crippen LogP contribution in [-0.2, 0) is 13.0 Å². The van der Waals surface area contributed by atoms with Gasteiger partial charge in [0.15, 0.2) is 0 Å². The van der Waals surface area contributed by atoms with Gasteiger partial charge in [-0.05, 0) is 23.6 Å². The Hall–Kier alpha value is -2.04. The Bertz CT molecular complexity index is 455. The van der Waals surface area contributed by atoms with E-state index < -0.39 is 12.1 Å². The SMILES string of the molecule is O=C(O)c1cccc2c1CCN(C(=O)O)C2. The zero-order valence-electron chi connectivity index (χ0n) is 8.51. The third-order valence-corrected chi connectivity index (χ3v) is 2.77. The quantitative estimate of drug-likeness (QED) is 0.751. The van der Waals surface area contributed by atoms with Crippen LogP contribution in [0.5, 0.6) is 0 Å². The largest absolute Gasteiger partial charge is 0.478 e. The Morgan fingerprint density at radius 1 is 1.25 bits per heavy atom. The number of rotatable bonds is 1. The van der Waals surface area contributed by atoms with Crippen molar-refractivity contribution in [1.29, 1.82) is 0 Å². The standard InChI is InChI=1S/C11H11NO4/c13-10(14)9-3-1-2-7-6-12(11(15)16)5-4-8(7)9/h1-3H,4-6H2,(H,13,14)(H,15,16). The lowest BCUT2D eigenvalue weighted by Gasteiger charge is -2.27. The molecule has 0 atom stereocenters. The van der Waals surface area contributed by atoms with E-state index in [-0.39, 0.29) is 12.1 Å². The molecule has 1 aromatic rings. The number of carboxylic acid groups (broad SMARTS) is 2. The van der Waals surface area contributed by atoms with E-state index in [0.29, 0.717) is 13.0 Å². The summed E-state index contributed by atoms with van der Waals surface area (Å²) in [5.41, 5.74) is 1.82. The van der Waals surface area contributed by atoms with Gasteiger partial charge in [-0.15, -0.1) is 0 Å². The number of carboxylic acids is 1. The van der Waals surface area contributed by atoms with Gasteiger partial charge in [0.2, 0.25) is 0 Å². The zero-order chi connectivity index (χ0) is 11.7. The number of hydrogen-bond donors (Lipinski definition) is 2. The van der Waals surface area contributed by atoms with E-state index in [2.05, 4.69) is 0 Å². The van der Waals surface area contributed by atoms with Crippen LogP contribution in [0.4, 0.5) is 4.79 Å². The fourth-order valence-electron chi connectivity index (χ4n) is 1.97. The number of nitrogens with zero attached hydrogens (tertiary/aromatic N) is 1. The first-order chi connectivity index (χ1) is 7.59. The molecule has 0 spiro atoms. The number of fused-ring (bicyclic) bond motifs is 1. The third kappa shape index (κ3) is 1.71. The average Bonchev–Trinajstić information content (AvgIpc) is 2.27. The molecule has 0 aliphatic carbocycles. The van der Waals surface area contributed by atoms with Gasteiger partial charge in [-0.3, -0.25) is 0 Å². The van der Waals surface area contributed by atoms with Gasteiger partial charge < -0.3 is 15.1 Å². The molecule has 1 aliphatic heterocycles. The minimum absolute atomic E-state index is 0.270. The highest BCUT2D eigenvalue weighted by Crippen LogP contribution is 2.22. The Kier molecular flexibility index (Phi) is 2.52. The molecule has 0 saturated heterocycles. The molecule has 1 aliphatic rings. The van der Waals surface area contributed by atoms with E-state index >= 15 is 0 Å². The van der Waals surface area contributed by atoms with Gasteiger partial charge in [0.1, 0.15) is 0 Å². The second kappa shape index (κ2) is 3.84. The van der Waals surface area contributed by atoms with Gasteiger partial charge in [0.25, 0.3) is 0 Å². The summed E-state index contributed by atoms with van der Waals surface area (Å²) in [6.45, 7) is 0.623. The van der Waals surface area contributed by atoms with Crippen LogP contribution in [-0.4, -0.2) is 33.7 Å². The van der Waals surface area contributed by atoms with E-state index in [9.17, 15) is 9.59 Å². The molecule has 5 heteroatoms. The number of amides is 1. The molecule has 0 unspecified atom stereocenters. The first-order valence-corrected chi connectivity index (χ1v) is 4.91. The van der Waals surface area contributed by atoms with Crippen LogP contribution in [0.3, 0.4) is 0 Å². The highest BCUT2D eigenvalue weighted by atomic mass is 16.4. The lowest BCUT2D eigenvalue weighted by atomic mass is 9.95. The minimum Gasteiger partial charge on any atom is -0.478 e. The Balaban J connectivity index is 2.38. The summed E-state index contributed by atoms with van der Waals surface area (Å²) in [5.74, 6) is -0.958. The highest BCUT2D eigenvalue weighted by Gasteiger charge is 2.23. The number of carbonyl (C=O) groups is 2. The number of hydrogen-bond acceptors (Lipinski definition) is 2. The molecule has 2 N–H and O–H groups in total. The van der Waals surface area contributed by atoms with E-state index in [1.54, 1.807) is 18.2 Å². The van der Waals surface area contributed by atoms with Gasteiger partial charge in [-0.2, -0.15) is 0 Å². The summed E-state index contributed by atoms with van der Waals surface area (Å²) in [4.78, 5) is 23.0. The van der Waals surface area contributed by atoms with Crippen molar-refractivity contribution in [3.63, 3.8) is 0 Å². The normalized spacial score (nSPS) is 14.4. The molecular formula is C11H11NO4. The first-order valence-electron chi connectivity index (χ1n) is 4.91. The fraction of sp³-hybridized carbons (Fsp3) is 0.273. The van der Waals surface area contributed by atoms with Crippen LogP contribution in [0, 0.1) is 0 Å². The molecule has 0 saturated carbocycles. The smallest absolute Gasteiger partial charge is 0.407 e. The summed E-state index contributed by atoms with van der Waals surface area (Å²) in [7, 11) is 0. The molecule has 84 valence electrons. The summed E-state index contributed by atoms with van der Waals surface area (Å²) in [6.07, 6.45) is -0.504. The summed E-state index contributed by atoms with van der Waals surface area (Å²) in [5, 5.41) is 17.8. The summed E-state index contributed by atoms with van der Waals surface area (Å²) < 4.78 is 0. The molecule has 1 amide bonds. The topological polar surface area (TPSA) is 77.8 Å². The Morgan fingerprint density at radius 3 is 2.62 bits per heavy atom. The highest BCUT2D eigenvalue weighted by molar-refractivity contribution is 5.90. The van der Waals surface area contributed by atoms with Crippen LogP contribution in [0.15, 0.2) is 18.2 Å². The fourth-order valence-corrected chi connectivity index (χ4v) is 1.97. The summed E-state index contributed by atoms with van der Waals surface area (Å²) in [6, 6.07) is 4.97. The van der Waals surface area contributed by atoms with E-state index in [4.69, 9.17) is 10.2 Å². The van der Waals surface area contributed by atoms with Crippen molar-refractivity contribution < 1.29 is 19.8 Å². The van der Waals surface area contributed by atoms with Gasteiger partial charge in [-0.25, -0.2) is 9.59 Å². The Labute approximate surface area is 91.9 Å². The summed E-state index contributed by atoms with van der Waals surface area (Å²) >= 11 is 0. The van der Waals surface area contributed by atoms with Crippen molar-refractivity contribution in [1.82, 2.24) is 4.90 Å². The molecule has 1 heterocycles. The molecule has 16 heavy (non-hydrogen) atoms. The van der Waals surface area contributed by atoms with Crippen LogP contribution >= 0.6 is 0 Å². The maximum atomic E-state index is 11.0. The zero-order valence-corrected chi connectivity index (χ0v) is 8.51. The second-order valence-corrected chi connectivity index (χ2v) is 3.70. The predicted octanol–water partition coefficient (Wildman–Crippen LogP) is 1.42. The van der Waals surface area contributed by atoms with Crippen LogP contribution in [0.1, 0.15) is 21.5 Å². The molecule has 5 nitrogen and oxygen atoms in total. The molecule has 0 fully saturated rings. The number of benzene rings is 1. The van der Waals surface area contributed by atoms with Gasteiger partial charge >= 0.3 is 12.1 Å². The van der Waals surface area contributed by atoms with E-state index in [1.807, 2.05) is 0 Å². The van der Waals surface area contributed by atoms with Gasteiger partial charge in [0.05, 0.1) is 5.56 Å². The van der Waals surface area contributed by atoms with Crippen LogP contribution < -0.4 is 0 Å². The van der Waals surface area contributed by atoms with Crippen molar-refractivity contribution in [2.75, 3.05) is 6.54 Å². The van der Waals surface area contributed by atoms with Crippen molar-refractivity contribution in [3.8, 4) is 0 Å². The maximum absolute atomic E-state index is 11.0. The van der Waals surface area contributed by atoms with Crippen molar-refractivity contribution in [2.24, 2.45) is 0 Å². The van der Waals surface area contributed by atoms with E-state index in [1.165, 1.54) is 4.90 Å². The molecule has 2 rings (SSSR count). The van der Waals surface area contributed by atoms with Crippen LogP contribution in [0.2, 0.25) is 0 Å². The minimum atomic E-state index is -0.966. The number of aromatic carboxylic acids is 1. The molecule has 0 radical (unpaired) electrons. The average molecular weight is 221 g/mol. The second-order valence-electron chi connectivity index (χ2n) is 3.70. The molecule has 1 aromatic carbocycles. The lowest BCUT2D eigenvalue weighted by molar-refractivity contribution is 0.0695. The monoisotopic (exact) mass is 221 g/mol. The Morgan fingerprint density at radius 2 is 2.00 bits per heavy atom. The molecular weight excluding hydrogens is 210 g/mol. The van der Waals surface area contributed by atoms with Crippen molar-refractivity contribution in [3.05, 3.63) is 34.9 Å². The molecule has 0 aromatic heterocycles. The van der Waals surface area contributed by atoms with Crippen molar-refractivity contribution in [2.45, 2.75) is 13.0 Å². The lowest BCUT2D eigenvalue weighted by Crippen LogP contribution is -2.35.